The number of hydrogen-bond acceptors (Lipinski definition) is 3. The van der Waals surface area contributed by atoms with Crippen LogP contribution in [0.1, 0.15) is 19.3 Å². The van der Waals surface area contributed by atoms with E-state index in [9.17, 15) is 13.6 Å². The van der Waals surface area contributed by atoms with Crippen molar-refractivity contribution in [3.05, 3.63) is 11.8 Å². The molecular weight excluding hydrogens is 216 g/mol. The number of hydrogen-bond donors (Lipinski definition) is 0. The van der Waals surface area contributed by atoms with Gasteiger partial charge in [0.2, 0.25) is 0 Å². The number of allylic oxidation sites excluding steroid dienone is 1. The zero-order valence-electron chi connectivity index (χ0n) is 9.16. The van der Waals surface area contributed by atoms with Crippen molar-refractivity contribution in [2.24, 2.45) is 5.92 Å². The Labute approximate surface area is 93.1 Å². The van der Waals surface area contributed by atoms with E-state index < -0.39 is 12.4 Å². The molecule has 0 aromatic rings. The van der Waals surface area contributed by atoms with Crippen molar-refractivity contribution < 1.29 is 18.3 Å². The molecule has 90 valence electrons. The number of likely N-dealkylation sites (N-methyl/N-ethyl adjacent to an activating group) is 1. The monoisotopic (exact) mass is 231 g/mol. The first-order chi connectivity index (χ1) is 7.58. The van der Waals surface area contributed by atoms with Crippen LogP contribution in [-0.2, 0) is 9.53 Å². The Morgan fingerprint density at radius 1 is 1.56 bits per heavy atom. The maximum absolute atomic E-state index is 12.0. The maximum Gasteiger partial charge on any atom is 0.378 e. The normalized spacial score (nSPS) is 30.1. The van der Waals surface area contributed by atoms with Gasteiger partial charge in [0.1, 0.15) is 5.76 Å². The smallest absolute Gasteiger partial charge is 0.378 e. The van der Waals surface area contributed by atoms with Crippen LogP contribution in [-0.4, -0.2) is 36.9 Å². The zero-order chi connectivity index (χ0) is 11.7. The minimum absolute atomic E-state index is 0.245. The van der Waals surface area contributed by atoms with Crippen LogP contribution in [0.5, 0.6) is 0 Å². The third-order valence-corrected chi connectivity index (χ3v) is 3.37. The van der Waals surface area contributed by atoms with Crippen molar-refractivity contribution >= 4 is 5.97 Å². The van der Waals surface area contributed by atoms with Gasteiger partial charge in [-0.3, -0.25) is 4.90 Å². The van der Waals surface area contributed by atoms with Crippen molar-refractivity contribution in [1.29, 1.82) is 0 Å². The summed E-state index contributed by atoms with van der Waals surface area (Å²) in [5.41, 5.74) is 0. The number of ether oxygens (including phenoxy) is 1. The molecule has 0 N–H and O–H groups in total. The van der Waals surface area contributed by atoms with Crippen LogP contribution in [0, 0.1) is 5.92 Å². The van der Waals surface area contributed by atoms with Gasteiger partial charge in [0.25, 0.3) is 0 Å². The number of carbonyl (C=O) groups excluding carboxylic acids is 1. The van der Waals surface area contributed by atoms with Gasteiger partial charge < -0.3 is 4.74 Å². The Kier molecular flexibility index (Phi) is 3.23. The molecule has 1 heterocycles. The average molecular weight is 231 g/mol. The van der Waals surface area contributed by atoms with Gasteiger partial charge in [0, 0.05) is 12.5 Å². The standard InChI is InChI=1S/C11H15F2NO2/c1-14-5-4-7-2-3-8(6-9(7)14)16-11(15)10(12)13/h6-7,9-10H,2-5H2,1H3. The predicted molar refractivity (Wildman–Crippen MR) is 53.9 cm³/mol. The van der Waals surface area contributed by atoms with E-state index in [-0.39, 0.29) is 6.04 Å². The molecule has 3 nitrogen and oxygen atoms in total. The van der Waals surface area contributed by atoms with Gasteiger partial charge >= 0.3 is 12.4 Å². The lowest BCUT2D eigenvalue weighted by atomic mass is 9.89. The molecule has 1 aliphatic heterocycles. The summed E-state index contributed by atoms with van der Waals surface area (Å²) in [6, 6.07) is 0.245. The molecule has 2 rings (SSSR count). The number of rotatable bonds is 2. The fourth-order valence-corrected chi connectivity index (χ4v) is 2.49. The summed E-state index contributed by atoms with van der Waals surface area (Å²) in [5, 5.41) is 0. The van der Waals surface area contributed by atoms with Gasteiger partial charge in [-0.2, -0.15) is 8.78 Å². The topological polar surface area (TPSA) is 29.5 Å². The Balaban J connectivity index is 2.01. The minimum Gasteiger partial charge on any atom is -0.427 e. The zero-order valence-corrected chi connectivity index (χ0v) is 9.16. The quantitative estimate of drug-likeness (QED) is 0.679. The molecule has 1 saturated heterocycles. The van der Waals surface area contributed by atoms with Gasteiger partial charge in [0.05, 0.1) is 0 Å². The summed E-state index contributed by atoms with van der Waals surface area (Å²) in [6.07, 6.45) is 1.42. The summed E-state index contributed by atoms with van der Waals surface area (Å²) < 4.78 is 28.7. The molecule has 1 aliphatic carbocycles. The van der Waals surface area contributed by atoms with Gasteiger partial charge in [-0.1, -0.05) is 0 Å². The SMILES string of the molecule is CN1CCC2CCC(OC(=O)C(F)F)=CC21. The highest BCUT2D eigenvalue weighted by molar-refractivity contribution is 5.73. The Morgan fingerprint density at radius 2 is 2.31 bits per heavy atom. The lowest BCUT2D eigenvalue weighted by Gasteiger charge is -2.27. The second kappa shape index (κ2) is 4.49. The third kappa shape index (κ3) is 2.24. The minimum atomic E-state index is -3.04. The van der Waals surface area contributed by atoms with Gasteiger partial charge in [-0.25, -0.2) is 4.79 Å². The summed E-state index contributed by atoms with van der Waals surface area (Å²) >= 11 is 0. The summed E-state index contributed by atoms with van der Waals surface area (Å²) in [5.74, 6) is -0.454. The van der Waals surface area contributed by atoms with Crippen molar-refractivity contribution in [2.45, 2.75) is 31.7 Å². The van der Waals surface area contributed by atoms with Crippen molar-refractivity contribution in [3.63, 3.8) is 0 Å². The van der Waals surface area contributed by atoms with Crippen LogP contribution in [0.15, 0.2) is 11.8 Å². The molecule has 2 aliphatic rings. The number of likely N-dealkylation sites (tertiary alicyclic amines) is 1. The highest BCUT2D eigenvalue weighted by Gasteiger charge is 2.34. The average Bonchev–Trinajstić information content (AvgIpc) is 2.60. The van der Waals surface area contributed by atoms with E-state index >= 15 is 0 Å². The molecule has 0 spiro atoms. The molecule has 0 amide bonds. The molecular formula is C11H15F2NO2. The fraction of sp³-hybridized carbons (Fsp3) is 0.727. The fourth-order valence-electron chi connectivity index (χ4n) is 2.49. The molecule has 0 radical (unpaired) electrons. The second-order valence-corrected chi connectivity index (χ2v) is 4.41. The van der Waals surface area contributed by atoms with Gasteiger partial charge in [-0.15, -0.1) is 0 Å². The highest BCUT2D eigenvalue weighted by Crippen LogP contribution is 2.34. The van der Waals surface area contributed by atoms with E-state index in [1.54, 1.807) is 0 Å². The number of alkyl halides is 2. The van der Waals surface area contributed by atoms with Crippen LogP contribution in [0.25, 0.3) is 0 Å². The van der Waals surface area contributed by atoms with Crippen molar-refractivity contribution in [1.82, 2.24) is 4.90 Å². The number of esters is 1. The van der Waals surface area contributed by atoms with Crippen LogP contribution < -0.4 is 0 Å². The number of halogens is 2. The first kappa shape index (κ1) is 11.5. The maximum atomic E-state index is 12.0. The summed E-state index contributed by atoms with van der Waals surface area (Å²) in [6.45, 7) is 1.02. The summed E-state index contributed by atoms with van der Waals surface area (Å²) in [7, 11) is 2.00. The van der Waals surface area contributed by atoms with Crippen LogP contribution >= 0.6 is 0 Å². The third-order valence-electron chi connectivity index (χ3n) is 3.37. The predicted octanol–water partition coefficient (Wildman–Crippen LogP) is 1.79. The van der Waals surface area contributed by atoms with Crippen LogP contribution in [0.3, 0.4) is 0 Å². The van der Waals surface area contributed by atoms with Gasteiger partial charge in [0.15, 0.2) is 0 Å². The van der Waals surface area contributed by atoms with Crippen molar-refractivity contribution in [2.75, 3.05) is 13.6 Å². The lowest BCUT2D eigenvalue weighted by Crippen LogP contribution is -2.30. The molecule has 0 aromatic heterocycles. The molecule has 2 atom stereocenters. The summed E-state index contributed by atoms with van der Waals surface area (Å²) in [4.78, 5) is 12.9. The largest absolute Gasteiger partial charge is 0.427 e. The first-order valence-electron chi connectivity index (χ1n) is 5.48. The highest BCUT2D eigenvalue weighted by atomic mass is 19.3. The Hall–Kier alpha value is -0.970. The molecule has 2 unspecified atom stereocenters. The van der Waals surface area contributed by atoms with E-state index in [4.69, 9.17) is 0 Å². The number of fused-ring (bicyclic) bond motifs is 1. The van der Waals surface area contributed by atoms with E-state index in [2.05, 4.69) is 9.64 Å². The van der Waals surface area contributed by atoms with Crippen LogP contribution in [0.4, 0.5) is 8.78 Å². The lowest BCUT2D eigenvalue weighted by molar-refractivity contribution is -0.152. The molecule has 0 bridgehead atoms. The Bertz CT molecular complexity index is 317. The van der Waals surface area contributed by atoms with Crippen molar-refractivity contribution in [3.8, 4) is 0 Å². The van der Waals surface area contributed by atoms with E-state index in [1.165, 1.54) is 0 Å². The molecule has 0 aromatic carbocycles. The van der Waals surface area contributed by atoms with E-state index in [0.29, 0.717) is 18.1 Å². The molecule has 0 saturated carbocycles. The number of carbonyl (C=O) groups is 1. The van der Waals surface area contributed by atoms with E-state index in [1.807, 2.05) is 13.1 Å². The molecule has 5 heteroatoms. The second-order valence-electron chi connectivity index (χ2n) is 4.41. The molecule has 16 heavy (non-hydrogen) atoms. The Morgan fingerprint density at radius 3 is 3.00 bits per heavy atom. The first-order valence-corrected chi connectivity index (χ1v) is 5.48. The van der Waals surface area contributed by atoms with Crippen LogP contribution in [0.2, 0.25) is 0 Å². The molecule has 1 fully saturated rings. The van der Waals surface area contributed by atoms with Gasteiger partial charge in [-0.05, 0) is 38.4 Å². The number of nitrogens with zero attached hydrogens (tertiary/aromatic N) is 1. The van der Waals surface area contributed by atoms with E-state index in [0.717, 1.165) is 19.4 Å².